The Balaban J connectivity index is 1.97. The van der Waals surface area contributed by atoms with Crippen LogP contribution in [0, 0.1) is 0 Å². The van der Waals surface area contributed by atoms with Gasteiger partial charge >= 0.3 is 0 Å². The van der Waals surface area contributed by atoms with Crippen LogP contribution in [-0.2, 0) is 12.8 Å². The Labute approximate surface area is 127 Å². The standard InChI is InChI=1S/C18H16O4/c1-21-13-8-10-15-14(11-13)17(19)18(20)16(22-15)9-7-12-5-3-2-4-6-12/h2-6,8,10-11,20H,7,9H2,1H3. The fraction of sp³-hybridized carbons (Fsp3) is 0.167. The van der Waals surface area contributed by atoms with E-state index < -0.39 is 5.43 Å². The van der Waals surface area contributed by atoms with Crippen molar-refractivity contribution in [3.63, 3.8) is 0 Å². The van der Waals surface area contributed by atoms with E-state index in [9.17, 15) is 9.90 Å². The molecule has 3 aromatic rings. The second kappa shape index (κ2) is 5.93. The van der Waals surface area contributed by atoms with Crippen LogP contribution >= 0.6 is 0 Å². The minimum atomic E-state index is -0.428. The van der Waals surface area contributed by atoms with E-state index in [1.807, 2.05) is 30.3 Å². The molecule has 1 heterocycles. The van der Waals surface area contributed by atoms with Crippen LogP contribution in [-0.4, -0.2) is 12.2 Å². The van der Waals surface area contributed by atoms with Crippen LogP contribution in [0.5, 0.6) is 11.5 Å². The van der Waals surface area contributed by atoms with Crippen molar-refractivity contribution in [2.75, 3.05) is 7.11 Å². The molecule has 2 aromatic carbocycles. The Hall–Kier alpha value is -2.75. The molecule has 0 aliphatic rings. The molecule has 0 saturated heterocycles. The Kier molecular flexibility index (Phi) is 3.83. The average molecular weight is 296 g/mol. The summed E-state index contributed by atoms with van der Waals surface area (Å²) in [6, 6.07) is 14.8. The van der Waals surface area contributed by atoms with Gasteiger partial charge in [0.05, 0.1) is 12.5 Å². The molecular formula is C18H16O4. The molecule has 0 atom stereocenters. The number of hydrogen-bond acceptors (Lipinski definition) is 4. The predicted octanol–water partition coefficient (Wildman–Crippen LogP) is 3.29. The fourth-order valence-corrected chi connectivity index (χ4v) is 2.41. The maximum Gasteiger partial charge on any atom is 0.234 e. The highest BCUT2D eigenvalue weighted by molar-refractivity contribution is 5.79. The summed E-state index contributed by atoms with van der Waals surface area (Å²) in [5.41, 5.74) is 1.15. The average Bonchev–Trinajstić information content (AvgIpc) is 2.57. The van der Waals surface area contributed by atoms with E-state index in [1.54, 1.807) is 18.2 Å². The van der Waals surface area contributed by atoms with Crippen LogP contribution in [0.4, 0.5) is 0 Å². The van der Waals surface area contributed by atoms with E-state index in [4.69, 9.17) is 9.15 Å². The Morgan fingerprint density at radius 2 is 1.86 bits per heavy atom. The molecule has 0 fully saturated rings. The van der Waals surface area contributed by atoms with Crippen LogP contribution in [0.3, 0.4) is 0 Å². The molecule has 1 aromatic heterocycles. The van der Waals surface area contributed by atoms with Gasteiger partial charge in [0.15, 0.2) is 5.76 Å². The van der Waals surface area contributed by atoms with Crippen molar-refractivity contribution < 1.29 is 14.3 Å². The first-order chi connectivity index (χ1) is 10.7. The summed E-state index contributed by atoms with van der Waals surface area (Å²) in [6.45, 7) is 0. The van der Waals surface area contributed by atoms with Gasteiger partial charge in [0.2, 0.25) is 11.2 Å². The Morgan fingerprint density at radius 3 is 2.59 bits per heavy atom. The van der Waals surface area contributed by atoms with E-state index in [0.29, 0.717) is 35.3 Å². The van der Waals surface area contributed by atoms with Gasteiger partial charge in [-0.15, -0.1) is 0 Å². The highest BCUT2D eigenvalue weighted by Gasteiger charge is 2.14. The lowest BCUT2D eigenvalue weighted by Gasteiger charge is -2.07. The molecule has 22 heavy (non-hydrogen) atoms. The van der Waals surface area contributed by atoms with E-state index in [2.05, 4.69) is 0 Å². The van der Waals surface area contributed by atoms with Gasteiger partial charge in [-0.25, -0.2) is 0 Å². The van der Waals surface area contributed by atoms with E-state index in [-0.39, 0.29) is 5.75 Å². The van der Waals surface area contributed by atoms with Gasteiger partial charge in [-0.3, -0.25) is 4.79 Å². The fourth-order valence-electron chi connectivity index (χ4n) is 2.41. The van der Waals surface area contributed by atoms with Gasteiger partial charge in [-0.2, -0.15) is 0 Å². The van der Waals surface area contributed by atoms with Crippen LogP contribution in [0.2, 0.25) is 0 Å². The molecule has 0 unspecified atom stereocenters. The lowest BCUT2D eigenvalue weighted by atomic mass is 10.1. The van der Waals surface area contributed by atoms with Gasteiger partial charge < -0.3 is 14.3 Å². The summed E-state index contributed by atoms with van der Waals surface area (Å²) in [5, 5.41) is 10.4. The van der Waals surface area contributed by atoms with E-state index in [1.165, 1.54) is 7.11 Å². The van der Waals surface area contributed by atoms with Crippen molar-refractivity contribution >= 4 is 11.0 Å². The van der Waals surface area contributed by atoms with Crippen LogP contribution < -0.4 is 10.2 Å². The molecule has 0 aliphatic carbocycles. The van der Waals surface area contributed by atoms with Crippen LogP contribution in [0.1, 0.15) is 11.3 Å². The first-order valence-electron chi connectivity index (χ1n) is 7.05. The van der Waals surface area contributed by atoms with Crippen molar-refractivity contribution in [1.29, 1.82) is 0 Å². The number of rotatable bonds is 4. The molecule has 0 spiro atoms. The molecule has 0 aliphatic heterocycles. The lowest BCUT2D eigenvalue weighted by molar-refractivity contribution is 0.410. The smallest absolute Gasteiger partial charge is 0.234 e. The molecule has 0 saturated carbocycles. The van der Waals surface area contributed by atoms with Gasteiger partial charge in [0.25, 0.3) is 0 Å². The van der Waals surface area contributed by atoms with E-state index in [0.717, 1.165) is 5.56 Å². The first-order valence-corrected chi connectivity index (χ1v) is 7.05. The number of aromatic hydroxyl groups is 1. The maximum absolute atomic E-state index is 12.3. The molecule has 3 rings (SSSR count). The largest absolute Gasteiger partial charge is 0.502 e. The normalized spacial score (nSPS) is 10.8. The second-order valence-corrected chi connectivity index (χ2v) is 5.05. The third-order valence-corrected chi connectivity index (χ3v) is 3.63. The van der Waals surface area contributed by atoms with Gasteiger partial charge in [-0.05, 0) is 30.2 Å². The van der Waals surface area contributed by atoms with Gasteiger partial charge in [0.1, 0.15) is 11.3 Å². The number of fused-ring (bicyclic) bond motifs is 1. The molecule has 4 nitrogen and oxygen atoms in total. The number of aryl methyl sites for hydroxylation is 2. The Bertz CT molecular complexity index is 850. The Morgan fingerprint density at radius 1 is 1.09 bits per heavy atom. The summed E-state index contributed by atoms with van der Waals surface area (Å²) < 4.78 is 10.8. The predicted molar refractivity (Wildman–Crippen MR) is 84.6 cm³/mol. The molecule has 4 heteroatoms. The van der Waals surface area contributed by atoms with Crippen molar-refractivity contribution in [3.8, 4) is 11.5 Å². The van der Waals surface area contributed by atoms with E-state index >= 15 is 0 Å². The van der Waals surface area contributed by atoms with Gasteiger partial charge in [-0.1, -0.05) is 30.3 Å². The summed E-state index contributed by atoms with van der Waals surface area (Å²) in [5.74, 6) is 0.541. The molecule has 0 amide bonds. The minimum Gasteiger partial charge on any atom is -0.502 e. The third-order valence-electron chi connectivity index (χ3n) is 3.63. The third kappa shape index (κ3) is 2.68. The van der Waals surface area contributed by atoms with Crippen molar-refractivity contribution in [1.82, 2.24) is 0 Å². The maximum atomic E-state index is 12.3. The van der Waals surface area contributed by atoms with Crippen molar-refractivity contribution in [2.24, 2.45) is 0 Å². The van der Waals surface area contributed by atoms with Crippen LogP contribution in [0.25, 0.3) is 11.0 Å². The lowest BCUT2D eigenvalue weighted by Crippen LogP contribution is -2.05. The molecular weight excluding hydrogens is 280 g/mol. The quantitative estimate of drug-likeness (QED) is 0.802. The molecule has 0 radical (unpaired) electrons. The zero-order valence-electron chi connectivity index (χ0n) is 12.2. The monoisotopic (exact) mass is 296 g/mol. The number of methoxy groups -OCH3 is 1. The van der Waals surface area contributed by atoms with Crippen molar-refractivity contribution in [3.05, 3.63) is 70.1 Å². The number of benzene rings is 2. The molecule has 112 valence electrons. The minimum absolute atomic E-state index is 0.312. The molecule has 0 bridgehead atoms. The summed E-state index contributed by atoms with van der Waals surface area (Å²) >= 11 is 0. The first kappa shape index (κ1) is 14.2. The topological polar surface area (TPSA) is 59.7 Å². The highest BCUT2D eigenvalue weighted by atomic mass is 16.5. The SMILES string of the molecule is COc1ccc2oc(CCc3ccccc3)c(O)c(=O)c2c1. The second-order valence-electron chi connectivity index (χ2n) is 5.05. The zero-order chi connectivity index (χ0) is 15.5. The number of hydrogen-bond donors (Lipinski definition) is 1. The highest BCUT2D eigenvalue weighted by Crippen LogP contribution is 2.24. The zero-order valence-corrected chi connectivity index (χ0v) is 12.2. The summed E-state index contributed by atoms with van der Waals surface area (Å²) in [6.07, 6.45) is 1.16. The van der Waals surface area contributed by atoms with Crippen LogP contribution in [0.15, 0.2) is 57.7 Å². The number of ether oxygens (including phenoxy) is 1. The van der Waals surface area contributed by atoms with Crippen molar-refractivity contribution in [2.45, 2.75) is 12.8 Å². The van der Waals surface area contributed by atoms with Gasteiger partial charge in [0, 0.05) is 6.42 Å². The summed E-state index contributed by atoms with van der Waals surface area (Å²) in [4.78, 5) is 12.3. The summed E-state index contributed by atoms with van der Waals surface area (Å²) in [7, 11) is 1.52. The molecule has 1 N–H and O–H groups in total.